The molecule has 0 aliphatic carbocycles. The fourth-order valence-electron chi connectivity index (χ4n) is 8.33. The number of nitrogens with one attached hydrogen (secondary N) is 4. The van der Waals surface area contributed by atoms with Crippen molar-refractivity contribution in [3.8, 4) is 0 Å². The second kappa shape index (κ2) is 31.4. The van der Waals surface area contributed by atoms with Crippen LogP contribution in [-0.4, -0.2) is 195 Å². The summed E-state index contributed by atoms with van der Waals surface area (Å²) < 4.78 is 133. The van der Waals surface area contributed by atoms with E-state index in [0.29, 0.717) is 16.7 Å². The Bertz CT molecular complexity index is 3630. The van der Waals surface area contributed by atoms with Crippen molar-refractivity contribution in [3.63, 3.8) is 0 Å². The first-order valence-electron chi connectivity index (χ1n) is 24.9. The van der Waals surface area contributed by atoms with Crippen LogP contribution >= 0.6 is 75.5 Å². The van der Waals surface area contributed by atoms with Crippen molar-refractivity contribution in [1.29, 1.82) is 0 Å². The van der Waals surface area contributed by atoms with Crippen LogP contribution in [0.2, 0.25) is 0 Å². The summed E-state index contributed by atoms with van der Waals surface area (Å²) in [5, 5.41) is 88.0. The highest BCUT2D eigenvalue weighted by molar-refractivity contribution is 8.05. The van der Waals surface area contributed by atoms with Gasteiger partial charge in [0.1, 0.15) is 97.7 Å². The van der Waals surface area contributed by atoms with Crippen LogP contribution < -0.4 is 22.2 Å². The number of aliphatic hydroxyl groups is 9. The van der Waals surface area contributed by atoms with Gasteiger partial charge < -0.3 is 119 Å². The zero-order valence-corrected chi connectivity index (χ0v) is 52.8. The highest BCUT2D eigenvalue weighted by Crippen LogP contribution is 2.80. The fraction of sp³-hybridized carbons (Fsp3) is 0.500. The van der Waals surface area contributed by atoms with Crippen LogP contribution in [0.3, 0.4) is 0 Å². The summed E-state index contributed by atoms with van der Waals surface area (Å²) in [4.78, 5) is 107. The molecular formula is C40H55Cl2N4O38P7. The van der Waals surface area contributed by atoms with Crippen LogP contribution in [0.25, 0.3) is 0 Å². The zero-order chi connectivity index (χ0) is 68.0. The van der Waals surface area contributed by atoms with Crippen LogP contribution in [0.5, 0.6) is 0 Å². The van der Waals surface area contributed by atoms with Gasteiger partial charge in [-0.3, -0.25) is 32.8 Å². The Labute approximate surface area is 516 Å². The minimum absolute atomic E-state index is 0.254. The summed E-state index contributed by atoms with van der Waals surface area (Å²) in [7, 11) is -32.0. The first-order chi connectivity index (χ1) is 42.0. The van der Waals surface area contributed by atoms with Crippen molar-refractivity contribution in [2.45, 2.75) is 97.7 Å². The maximum absolute atomic E-state index is 12.1. The number of hydrogen-bond acceptors (Lipinski definition) is 32. The molecule has 0 radical (unpaired) electrons. The molecule has 51 heteroatoms. The Morgan fingerprint density at radius 1 is 0.440 bits per heavy atom. The predicted molar refractivity (Wildman–Crippen MR) is 295 cm³/mol. The third-order valence-corrected chi connectivity index (χ3v) is 22.6. The molecule has 5 fully saturated rings. The van der Waals surface area contributed by atoms with Crippen LogP contribution in [-0.2, 0) is 86.0 Å². The molecule has 4 aromatic rings. The molecule has 8 unspecified atom stereocenters. The van der Waals surface area contributed by atoms with E-state index in [0.717, 1.165) is 6.07 Å². The van der Waals surface area contributed by atoms with Crippen molar-refractivity contribution in [3.05, 3.63) is 137 Å². The number of rotatable bonds is 18. The van der Waals surface area contributed by atoms with Gasteiger partial charge in [0.15, 0.2) is 0 Å². The average Bonchev–Trinajstić information content (AvgIpc) is 1.04. The van der Waals surface area contributed by atoms with E-state index in [1.165, 1.54) is 67.3 Å². The normalized spacial score (nSPS) is 35.3. The Balaban J connectivity index is 0.000000197. The Kier molecular flexibility index (Phi) is 26.5. The van der Waals surface area contributed by atoms with Crippen molar-refractivity contribution in [1.82, 2.24) is 19.9 Å². The smallest absolute Gasteiger partial charge is 0.394 e. The van der Waals surface area contributed by atoms with Crippen molar-refractivity contribution in [2.75, 3.05) is 26.4 Å². The van der Waals surface area contributed by atoms with Crippen molar-refractivity contribution in [2.24, 2.45) is 0 Å². The zero-order valence-electron chi connectivity index (χ0n) is 45.0. The predicted octanol–water partition coefficient (Wildman–Crippen LogP) is -1.53. The monoisotopic (exact) mass is 1490 g/mol. The standard InChI is InChI=1S/C10H12Cl2NO6P.C10H16NO14P3.C10H14NO13P3.C10H13NO5/c11-20(12,17)18-4-6-8(15)9(16)10(19-6)5-1-2-7(14)13-3-5;12-7-2-1-5(3-11-7)10-9(14)8(13)6(23-10)4-22-27(18,19)25-28(20,21)24-26(15,16)17;12-7-2-1-5(3-11-7)10-9(14)8(13)6(21-10)4-20-27(19)23-25(15,16)22-26(17,18)24-27;12-4-6-8(14)9(15)10(16-6)5-1-2-7(13)11-3-5/h1-3,6,8-10,15-16H,4H2,(H,13,14);1-3,6,8-10,13-14H,4H2,(H,11,12)(H,18,19)(H,20,21)(H2,15,16,17);1-3,6,8-10,13-14H,4H2,(H,11,12)(H,15,16)(H,17,18);1-3,6,8-10,12,14-15H,4H2,(H,11,13)/t4*6-,8+,9?,10+/m1111/s1. The van der Waals surface area contributed by atoms with Gasteiger partial charge in [0.25, 0.3) is 0 Å². The summed E-state index contributed by atoms with van der Waals surface area (Å²) in [6.07, 6.45) is -17.6. The van der Waals surface area contributed by atoms with Gasteiger partial charge in [-0.15, -0.1) is 0 Å². The minimum atomic E-state index is -5.68. The van der Waals surface area contributed by atoms with E-state index >= 15 is 0 Å². The molecule has 0 aromatic carbocycles. The molecule has 5 aliphatic heterocycles. The Hall–Kier alpha value is -3.09. The molecule has 5 saturated heterocycles. The minimum Gasteiger partial charge on any atom is -0.394 e. The third-order valence-electron chi connectivity index (χ3n) is 12.4. The second-order valence-corrected chi connectivity index (χ2v) is 32.6. The van der Waals surface area contributed by atoms with Crippen molar-refractivity contribution >= 4 is 75.5 Å². The number of pyridine rings is 4. The molecule has 42 nitrogen and oxygen atoms in total. The van der Waals surface area contributed by atoms with E-state index in [1.54, 1.807) is 0 Å². The van der Waals surface area contributed by atoms with E-state index in [1.807, 2.05) is 0 Å². The van der Waals surface area contributed by atoms with Gasteiger partial charge in [-0.2, -0.15) is 21.6 Å². The number of ether oxygens (including phenoxy) is 4. The topological polar surface area (TPSA) is 665 Å². The molecule has 512 valence electrons. The number of aliphatic hydroxyl groups excluding tert-OH is 9. The first-order valence-corrected chi connectivity index (χ1v) is 37.3. The molecular weight excluding hydrogens is 1430 g/mol. The van der Waals surface area contributed by atoms with Gasteiger partial charge in [-0.05, 0) is 69.0 Å². The summed E-state index contributed by atoms with van der Waals surface area (Å²) in [5.74, 6) is 0. The molecule has 0 saturated carbocycles. The van der Waals surface area contributed by atoms with Crippen molar-refractivity contribution < 1.29 is 161 Å². The number of aromatic amines is 4. The SMILES string of the molecule is O=c1ccc([C@@H]2O[C@H](CO)[C@H](O)C2O)c[nH]1.O=c1ccc([C@@H]2O[C@H](COP(=O)(Cl)Cl)[C@H](O)C2O)c[nH]1.O=c1ccc([C@@H]2O[C@H](COP(=O)(O)OP(=O)(O)OP(=O)(O)O)[C@H](O)C2O)c[nH]1.O=c1ccc([C@@H]2O[C@H](COP3(=O)OP(=O)(O)OP(=O)(O)O3)[C@H](O)C2O)c[nH]1. The summed E-state index contributed by atoms with van der Waals surface area (Å²) in [6.45, 7) is -2.43. The Morgan fingerprint density at radius 2 is 0.747 bits per heavy atom. The molecule has 0 bridgehead atoms. The third kappa shape index (κ3) is 22.5. The first kappa shape index (κ1) is 76.9. The van der Waals surface area contributed by atoms with E-state index in [9.17, 15) is 96.9 Å². The second-order valence-electron chi connectivity index (χ2n) is 19.0. The van der Waals surface area contributed by atoms with Crippen LogP contribution in [0.15, 0.2) is 92.5 Å². The van der Waals surface area contributed by atoms with Crippen LogP contribution in [0, 0.1) is 0 Å². The lowest BCUT2D eigenvalue weighted by Gasteiger charge is -2.27. The molecule has 91 heavy (non-hydrogen) atoms. The lowest BCUT2D eigenvalue weighted by atomic mass is 10.0. The Morgan fingerprint density at radius 3 is 1.03 bits per heavy atom. The largest absolute Gasteiger partial charge is 0.492 e. The van der Waals surface area contributed by atoms with E-state index in [-0.39, 0.29) is 29.9 Å². The van der Waals surface area contributed by atoms with Gasteiger partial charge in [0, 0.05) is 49.1 Å². The summed E-state index contributed by atoms with van der Waals surface area (Å²) >= 11 is 10.5. The number of halogens is 2. The molecule has 0 amide bonds. The van der Waals surface area contributed by atoms with Gasteiger partial charge in [-0.1, -0.05) is 0 Å². The lowest BCUT2D eigenvalue weighted by molar-refractivity contribution is -0.0232. The molecule has 9 heterocycles. The number of phosphoric ester groups is 1. The maximum atomic E-state index is 12.1. The van der Waals surface area contributed by atoms with Gasteiger partial charge >= 0.3 is 53.0 Å². The quantitative estimate of drug-likeness (QED) is 0.0503. The highest BCUT2D eigenvalue weighted by atomic mass is 35.9. The number of hydrogen-bond donors (Lipinski definition) is 19. The molecule has 9 rings (SSSR count). The molecule has 5 aliphatic rings. The van der Waals surface area contributed by atoms with Gasteiger partial charge in [-0.25, -0.2) is 27.4 Å². The van der Waals surface area contributed by atoms with Gasteiger partial charge in [0.2, 0.25) is 22.2 Å². The van der Waals surface area contributed by atoms with E-state index in [2.05, 4.69) is 55.1 Å². The summed E-state index contributed by atoms with van der Waals surface area (Å²) in [5.41, 5.74) is 0.241. The van der Waals surface area contributed by atoms with E-state index < -0.39 is 175 Å². The summed E-state index contributed by atoms with van der Waals surface area (Å²) in [6, 6.07) is 10.5. The maximum Gasteiger partial charge on any atom is 0.492 e. The number of aromatic nitrogens is 4. The van der Waals surface area contributed by atoms with Gasteiger partial charge in [0.05, 0.1) is 26.4 Å². The molecule has 20 atom stereocenters. The molecule has 4 aromatic heterocycles. The lowest BCUT2D eigenvalue weighted by Crippen LogP contribution is -2.33. The number of H-pyrrole nitrogens is 4. The fourth-order valence-corrected chi connectivity index (χ4v) is 17.0. The molecule has 0 spiro atoms. The average molecular weight is 1490 g/mol. The number of phosphoric acid groups is 6. The van der Waals surface area contributed by atoms with E-state index in [4.69, 9.17) is 71.0 Å². The molecule has 19 N–H and O–H groups in total. The van der Waals surface area contributed by atoms with Crippen LogP contribution in [0.4, 0.5) is 0 Å². The van der Waals surface area contributed by atoms with Crippen LogP contribution in [0.1, 0.15) is 46.7 Å². The highest BCUT2D eigenvalue weighted by Gasteiger charge is 2.56.